The van der Waals surface area contributed by atoms with Gasteiger partial charge in [-0.15, -0.1) is 11.3 Å². The fourth-order valence-corrected chi connectivity index (χ4v) is 4.00. The molecule has 0 saturated heterocycles. The summed E-state index contributed by atoms with van der Waals surface area (Å²) in [6.45, 7) is 0. The molecule has 68 valence electrons. The van der Waals surface area contributed by atoms with Crippen LogP contribution in [0.3, 0.4) is 0 Å². The molecule has 1 heterocycles. The molecule has 0 aliphatic heterocycles. The lowest BCUT2D eigenvalue weighted by Crippen LogP contribution is -1.80. The van der Waals surface area contributed by atoms with E-state index < -0.39 is 0 Å². The quantitative estimate of drug-likeness (QED) is 0.625. The van der Waals surface area contributed by atoms with Crippen molar-refractivity contribution in [3.63, 3.8) is 0 Å². The number of rotatable bonds is 1. The third-order valence-corrected chi connectivity index (χ3v) is 4.87. The van der Waals surface area contributed by atoms with Crippen molar-refractivity contribution in [1.82, 2.24) is 0 Å². The molecule has 0 amide bonds. The first-order valence-corrected chi connectivity index (χ1v) is 6.81. The molecule has 4 heteroatoms. The van der Waals surface area contributed by atoms with Crippen LogP contribution in [0.1, 0.15) is 5.56 Å². The second-order valence-corrected chi connectivity index (χ2v) is 5.31. The highest BCUT2D eigenvalue weighted by Gasteiger charge is 2.08. The van der Waals surface area contributed by atoms with Crippen molar-refractivity contribution < 1.29 is 0 Å². The fourth-order valence-electron chi connectivity index (χ4n) is 1.20. The third kappa shape index (κ3) is 1.67. The molecule has 0 bridgehead atoms. The molecule has 2 rings (SSSR count). The number of thiophene rings is 1. The number of hydrogen-bond acceptors (Lipinski definition) is 1. The van der Waals surface area contributed by atoms with Crippen molar-refractivity contribution >= 4 is 64.9 Å². The van der Waals surface area contributed by atoms with Gasteiger partial charge in [0, 0.05) is 20.2 Å². The van der Waals surface area contributed by atoms with Gasteiger partial charge in [0.1, 0.15) is 0 Å². The molecule has 13 heavy (non-hydrogen) atoms. The van der Waals surface area contributed by atoms with E-state index in [4.69, 9.17) is 11.6 Å². The topological polar surface area (TPSA) is 0 Å². The molecule has 0 radical (unpaired) electrons. The van der Waals surface area contributed by atoms with Crippen molar-refractivity contribution in [3.8, 4) is 0 Å². The van der Waals surface area contributed by atoms with Crippen LogP contribution in [0, 0.1) is 0 Å². The van der Waals surface area contributed by atoms with Gasteiger partial charge in [-0.3, -0.25) is 0 Å². The highest BCUT2D eigenvalue weighted by atomic mass is 79.9. The van der Waals surface area contributed by atoms with Gasteiger partial charge >= 0.3 is 0 Å². The second-order valence-electron chi connectivity index (χ2n) is 2.63. The number of alkyl halides is 1. The average Bonchev–Trinajstić information content (AvgIpc) is 2.60. The number of fused-ring (bicyclic) bond motifs is 1. The van der Waals surface area contributed by atoms with E-state index in [0.717, 1.165) is 20.2 Å². The van der Waals surface area contributed by atoms with Crippen LogP contribution in [0.4, 0.5) is 0 Å². The maximum Gasteiger partial charge on any atom is 0.0502 e. The summed E-state index contributed by atoms with van der Waals surface area (Å²) in [5.41, 5.74) is 1.19. The van der Waals surface area contributed by atoms with Gasteiger partial charge in [-0.05, 0) is 39.0 Å². The number of halogens is 3. The van der Waals surface area contributed by atoms with Gasteiger partial charge in [0.05, 0.1) is 4.70 Å². The summed E-state index contributed by atoms with van der Waals surface area (Å²) in [5, 5.41) is 4.83. The van der Waals surface area contributed by atoms with E-state index in [9.17, 15) is 0 Å². The summed E-state index contributed by atoms with van der Waals surface area (Å²) in [4.78, 5) is 0. The normalized spacial score (nSPS) is 11.0. The first-order chi connectivity index (χ1) is 6.24. The summed E-state index contributed by atoms with van der Waals surface area (Å²) in [7, 11) is 0. The maximum absolute atomic E-state index is 6.12. The van der Waals surface area contributed by atoms with E-state index in [-0.39, 0.29) is 0 Å². The second kappa shape index (κ2) is 3.89. The number of benzene rings is 1. The van der Waals surface area contributed by atoms with Crippen LogP contribution in [0.2, 0.25) is 5.02 Å². The summed E-state index contributed by atoms with van der Waals surface area (Å²) < 4.78 is 2.38. The van der Waals surface area contributed by atoms with E-state index in [0.29, 0.717) is 0 Å². The summed E-state index contributed by atoms with van der Waals surface area (Å²) >= 11 is 14.8. The molecular weight excluding hydrogens is 335 g/mol. The summed E-state index contributed by atoms with van der Waals surface area (Å²) in [5.74, 6) is 0. The molecule has 0 N–H and O–H groups in total. The van der Waals surface area contributed by atoms with Gasteiger partial charge in [0.2, 0.25) is 0 Å². The molecule has 0 spiro atoms. The zero-order valence-corrected chi connectivity index (χ0v) is 11.2. The van der Waals surface area contributed by atoms with Gasteiger partial charge in [-0.1, -0.05) is 27.5 Å². The van der Waals surface area contributed by atoms with Gasteiger partial charge in [-0.25, -0.2) is 0 Å². The van der Waals surface area contributed by atoms with Crippen molar-refractivity contribution in [1.29, 1.82) is 0 Å². The Morgan fingerprint density at radius 1 is 1.46 bits per heavy atom. The van der Waals surface area contributed by atoms with Crippen LogP contribution in [-0.4, -0.2) is 0 Å². The molecular formula is C9H5Br2ClS. The highest BCUT2D eigenvalue weighted by Crippen LogP contribution is 2.37. The Balaban J connectivity index is 2.85. The summed E-state index contributed by atoms with van der Waals surface area (Å²) in [6, 6.07) is 4.04. The van der Waals surface area contributed by atoms with Crippen molar-refractivity contribution in [2.45, 2.75) is 5.33 Å². The summed E-state index contributed by atoms with van der Waals surface area (Å²) in [6.07, 6.45) is 0. The van der Waals surface area contributed by atoms with E-state index in [1.54, 1.807) is 11.3 Å². The van der Waals surface area contributed by atoms with Gasteiger partial charge in [0.25, 0.3) is 0 Å². The first-order valence-electron chi connectivity index (χ1n) is 3.64. The van der Waals surface area contributed by atoms with E-state index in [2.05, 4.69) is 37.2 Å². The molecule has 0 aliphatic carbocycles. The lowest BCUT2D eigenvalue weighted by atomic mass is 10.2. The third-order valence-electron chi connectivity index (χ3n) is 1.85. The molecule has 0 nitrogen and oxygen atoms in total. The van der Waals surface area contributed by atoms with E-state index in [1.165, 1.54) is 10.3 Å². The molecule has 0 atom stereocenters. The van der Waals surface area contributed by atoms with Crippen LogP contribution in [0.15, 0.2) is 22.0 Å². The van der Waals surface area contributed by atoms with Crippen molar-refractivity contribution in [3.05, 3.63) is 32.6 Å². The van der Waals surface area contributed by atoms with Crippen LogP contribution in [-0.2, 0) is 5.33 Å². The Bertz CT molecular complexity index is 450. The Kier molecular flexibility index (Phi) is 2.98. The van der Waals surface area contributed by atoms with Gasteiger partial charge in [-0.2, -0.15) is 0 Å². The predicted octanol–water partition coefficient (Wildman–Crippen LogP) is 5.21. The van der Waals surface area contributed by atoms with Gasteiger partial charge in [0.15, 0.2) is 0 Å². The maximum atomic E-state index is 6.12. The highest BCUT2D eigenvalue weighted by molar-refractivity contribution is 9.11. The zero-order valence-electron chi connectivity index (χ0n) is 6.48. The van der Waals surface area contributed by atoms with E-state index in [1.807, 2.05) is 12.1 Å². The molecule has 0 saturated carbocycles. The standard InChI is InChI=1S/C9H5Br2ClS/c10-4-5-3-7(12)6-1-2-13-9(6)8(5)11/h1-3H,4H2. The first kappa shape index (κ1) is 9.97. The Hall–Kier alpha value is 0.430. The lowest BCUT2D eigenvalue weighted by molar-refractivity contribution is 1.44. The smallest absolute Gasteiger partial charge is 0.0502 e. The van der Waals surface area contributed by atoms with Crippen LogP contribution in [0.5, 0.6) is 0 Å². The molecule has 1 aromatic carbocycles. The Morgan fingerprint density at radius 2 is 2.23 bits per heavy atom. The Labute approximate surface area is 102 Å². The lowest BCUT2D eigenvalue weighted by Gasteiger charge is -2.03. The largest absolute Gasteiger partial charge is 0.143 e. The molecule has 0 unspecified atom stereocenters. The molecule has 1 aromatic heterocycles. The van der Waals surface area contributed by atoms with Crippen LogP contribution < -0.4 is 0 Å². The molecule has 2 aromatic rings. The minimum atomic E-state index is 0.821. The number of hydrogen-bond donors (Lipinski definition) is 0. The zero-order chi connectivity index (χ0) is 9.42. The van der Waals surface area contributed by atoms with Gasteiger partial charge < -0.3 is 0 Å². The van der Waals surface area contributed by atoms with Crippen molar-refractivity contribution in [2.24, 2.45) is 0 Å². The van der Waals surface area contributed by atoms with E-state index >= 15 is 0 Å². The monoisotopic (exact) mass is 338 g/mol. The molecule has 0 aliphatic rings. The average molecular weight is 340 g/mol. The predicted molar refractivity (Wildman–Crippen MR) is 67.2 cm³/mol. The van der Waals surface area contributed by atoms with Crippen LogP contribution in [0.25, 0.3) is 10.1 Å². The fraction of sp³-hybridized carbons (Fsp3) is 0.111. The van der Waals surface area contributed by atoms with Crippen molar-refractivity contribution in [2.75, 3.05) is 0 Å². The van der Waals surface area contributed by atoms with Crippen LogP contribution >= 0.6 is 54.8 Å². The Morgan fingerprint density at radius 3 is 2.92 bits per heavy atom. The SMILES string of the molecule is Clc1cc(CBr)c(Br)c2sccc12. The molecule has 0 fully saturated rings. The minimum Gasteiger partial charge on any atom is -0.143 e. The minimum absolute atomic E-state index is 0.821.